The largest absolute Gasteiger partial charge is 0.313 e. The predicted molar refractivity (Wildman–Crippen MR) is 81.5 cm³/mol. The number of aryl methyl sites for hydroxylation is 1. The lowest BCUT2D eigenvalue weighted by Gasteiger charge is -2.10. The number of hydrogen-bond acceptors (Lipinski definition) is 2. The van der Waals surface area contributed by atoms with Crippen LogP contribution in [0.4, 0.5) is 0 Å². The van der Waals surface area contributed by atoms with Crippen molar-refractivity contribution >= 4 is 22.9 Å². The molecule has 0 amide bonds. The molecule has 3 heteroatoms. The van der Waals surface area contributed by atoms with Crippen LogP contribution in [0.15, 0.2) is 29.6 Å². The van der Waals surface area contributed by atoms with Gasteiger partial charge in [0.25, 0.3) is 0 Å². The number of nitrogens with one attached hydrogen (secondary N) is 1. The molecule has 0 unspecified atom stereocenters. The number of benzene rings is 1. The van der Waals surface area contributed by atoms with E-state index in [4.69, 9.17) is 11.6 Å². The molecule has 1 nitrogen and oxygen atoms in total. The van der Waals surface area contributed by atoms with Crippen molar-refractivity contribution < 1.29 is 0 Å². The Kier molecular flexibility index (Phi) is 4.81. The second-order valence-electron chi connectivity index (χ2n) is 4.42. The van der Waals surface area contributed by atoms with E-state index >= 15 is 0 Å². The van der Waals surface area contributed by atoms with Crippen LogP contribution in [0.25, 0.3) is 11.1 Å². The maximum absolute atomic E-state index is 6.12. The predicted octanol–water partition coefficient (Wildman–Crippen LogP) is 4.88. The summed E-state index contributed by atoms with van der Waals surface area (Å²) in [4.78, 5) is 1.33. The highest BCUT2D eigenvalue weighted by Crippen LogP contribution is 2.30. The molecule has 2 rings (SSSR count). The van der Waals surface area contributed by atoms with Crippen molar-refractivity contribution in [2.45, 2.75) is 26.8 Å². The second kappa shape index (κ2) is 6.37. The first-order valence-corrected chi connectivity index (χ1v) is 7.51. The van der Waals surface area contributed by atoms with E-state index in [1.54, 1.807) is 11.3 Å². The molecule has 18 heavy (non-hydrogen) atoms. The third kappa shape index (κ3) is 3.35. The van der Waals surface area contributed by atoms with Gasteiger partial charge >= 0.3 is 0 Å². The van der Waals surface area contributed by atoms with E-state index in [1.807, 2.05) is 6.07 Å². The standard InChI is InChI=1S/C15H18ClNS/c1-3-6-17-9-12-4-5-14(16)8-15(12)13-7-11(2)18-10-13/h4-5,7-8,10,17H,3,6,9H2,1-2H3. The van der Waals surface area contributed by atoms with E-state index in [1.165, 1.54) is 21.6 Å². The maximum Gasteiger partial charge on any atom is 0.0412 e. The first-order valence-electron chi connectivity index (χ1n) is 6.25. The molecule has 0 atom stereocenters. The van der Waals surface area contributed by atoms with Gasteiger partial charge in [0, 0.05) is 16.4 Å². The number of rotatable bonds is 5. The lowest BCUT2D eigenvalue weighted by molar-refractivity contribution is 0.676. The molecule has 1 aromatic heterocycles. The van der Waals surface area contributed by atoms with Crippen molar-refractivity contribution in [1.29, 1.82) is 0 Å². The molecule has 1 heterocycles. The molecule has 0 bridgehead atoms. The molecule has 0 saturated heterocycles. The molecular formula is C15H18ClNS. The van der Waals surface area contributed by atoms with Crippen LogP contribution < -0.4 is 5.32 Å². The van der Waals surface area contributed by atoms with Crippen molar-refractivity contribution in [3.05, 3.63) is 45.1 Å². The van der Waals surface area contributed by atoms with Gasteiger partial charge < -0.3 is 5.32 Å². The molecule has 2 aromatic rings. The summed E-state index contributed by atoms with van der Waals surface area (Å²) in [5.74, 6) is 0. The Morgan fingerprint density at radius 3 is 2.78 bits per heavy atom. The highest BCUT2D eigenvalue weighted by Gasteiger charge is 2.07. The zero-order valence-electron chi connectivity index (χ0n) is 10.8. The van der Waals surface area contributed by atoms with Crippen LogP contribution in [0.3, 0.4) is 0 Å². The van der Waals surface area contributed by atoms with Crippen LogP contribution in [0.1, 0.15) is 23.8 Å². The Bertz CT molecular complexity index is 519. The molecule has 96 valence electrons. The van der Waals surface area contributed by atoms with Gasteiger partial charge in [-0.1, -0.05) is 24.6 Å². The van der Waals surface area contributed by atoms with Gasteiger partial charge in [-0.3, -0.25) is 0 Å². The molecule has 1 N–H and O–H groups in total. The SMILES string of the molecule is CCCNCc1ccc(Cl)cc1-c1csc(C)c1. The van der Waals surface area contributed by atoms with Crippen molar-refractivity contribution in [2.24, 2.45) is 0 Å². The Morgan fingerprint density at radius 1 is 1.28 bits per heavy atom. The van der Waals surface area contributed by atoms with Crippen LogP contribution in [-0.2, 0) is 6.54 Å². The van der Waals surface area contributed by atoms with E-state index in [0.29, 0.717) is 0 Å². The summed E-state index contributed by atoms with van der Waals surface area (Å²) < 4.78 is 0. The zero-order valence-corrected chi connectivity index (χ0v) is 12.4. The summed E-state index contributed by atoms with van der Waals surface area (Å²) in [6.07, 6.45) is 1.15. The topological polar surface area (TPSA) is 12.0 Å². The van der Waals surface area contributed by atoms with Crippen molar-refractivity contribution in [3.8, 4) is 11.1 Å². The molecule has 0 saturated carbocycles. The summed E-state index contributed by atoms with van der Waals surface area (Å²) in [5, 5.41) is 6.45. The van der Waals surface area contributed by atoms with Crippen LogP contribution >= 0.6 is 22.9 Å². The van der Waals surface area contributed by atoms with E-state index < -0.39 is 0 Å². The summed E-state index contributed by atoms with van der Waals surface area (Å²) in [5.41, 5.74) is 3.83. The smallest absolute Gasteiger partial charge is 0.0412 e. The molecule has 0 spiro atoms. The Hall–Kier alpha value is -0.830. The number of halogens is 1. The first-order chi connectivity index (χ1) is 8.70. The lowest BCUT2D eigenvalue weighted by Crippen LogP contribution is -2.14. The van der Waals surface area contributed by atoms with Gasteiger partial charge in [0.05, 0.1) is 0 Å². The lowest BCUT2D eigenvalue weighted by atomic mass is 10.0. The average Bonchev–Trinajstić information content (AvgIpc) is 2.78. The summed E-state index contributed by atoms with van der Waals surface area (Å²) in [7, 11) is 0. The fraction of sp³-hybridized carbons (Fsp3) is 0.333. The number of hydrogen-bond donors (Lipinski definition) is 1. The fourth-order valence-electron chi connectivity index (χ4n) is 1.96. The van der Waals surface area contributed by atoms with Gasteiger partial charge in [-0.15, -0.1) is 11.3 Å². The molecule has 1 aromatic carbocycles. The van der Waals surface area contributed by atoms with Crippen molar-refractivity contribution in [1.82, 2.24) is 5.32 Å². The first kappa shape index (κ1) is 13.6. The highest BCUT2D eigenvalue weighted by molar-refractivity contribution is 7.10. The van der Waals surface area contributed by atoms with Gasteiger partial charge in [-0.05, 0) is 60.2 Å². The molecule has 0 aliphatic rings. The quantitative estimate of drug-likeness (QED) is 0.770. The van der Waals surface area contributed by atoms with Gasteiger partial charge in [0.1, 0.15) is 0 Å². The van der Waals surface area contributed by atoms with Crippen molar-refractivity contribution in [2.75, 3.05) is 6.54 Å². The Balaban J connectivity index is 2.29. The molecule has 0 radical (unpaired) electrons. The molecule has 0 aliphatic carbocycles. The minimum absolute atomic E-state index is 0.799. The Labute approximate surface area is 118 Å². The number of thiophene rings is 1. The normalized spacial score (nSPS) is 10.8. The molecule has 0 aliphatic heterocycles. The van der Waals surface area contributed by atoms with Gasteiger partial charge in [-0.25, -0.2) is 0 Å². The minimum Gasteiger partial charge on any atom is -0.313 e. The summed E-state index contributed by atoms with van der Waals surface area (Å²) >= 11 is 7.90. The van der Waals surface area contributed by atoms with Gasteiger partial charge in [0.15, 0.2) is 0 Å². The van der Waals surface area contributed by atoms with E-state index in [9.17, 15) is 0 Å². The average molecular weight is 280 g/mol. The van der Waals surface area contributed by atoms with E-state index in [0.717, 1.165) is 24.5 Å². The third-order valence-electron chi connectivity index (χ3n) is 2.86. The van der Waals surface area contributed by atoms with Gasteiger partial charge in [-0.2, -0.15) is 0 Å². The van der Waals surface area contributed by atoms with Crippen LogP contribution in [0, 0.1) is 6.92 Å². The third-order valence-corrected chi connectivity index (χ3v) is 3.95. The monoisotopic (exact) mass is 279 g/mol. The molecular weight excluding hydrogens is 262 g/mol. The van der Waals surface area contributed by atoms with Crippen LogP contribution in [-0.4, -0.2) is 6.54 Å². The van der Waals surface area contributed by atoms with Crippen molar-refractivity contribution in [3.63, 3.8) is 0 Å². The summed E-state index contributed by atoms with van der Waals surface area (Å²) in [6.45, 7) is 6.26. The van der Waals surface area contributed by atoms with Crippen LogP contribution in [0.2, 0.25) is 5.02 Å². The van der Waals surface area contributed by atoms with Crippen LogP contribution in [0.5, 0.6) is 0 Å². The second-order valence-corrected chi connectivity index (χ2v) is 5.98. The minimum atomic E-state index is 0.799. The van der Waals surface area contributed by atoms with E-state index in [2.05, 4.69) is 42.7 Å². The highest BCUT2D eigenvalue weighted by atomic mass is 35.5. The zero-order chi connectivity index (χ0) is 13.0. The van der Waals surface area contributed by atoms with Gasteiger partial charge in [0.2, 0.25) is 0 Å². The van der Waals surface area contributed by atoms with E-state index in [-0.39, 0.29) is 0 Å². The molecule has 0 fully saturated rings. The Morgan fingerprint density at radius 2 is 2.11 bits per heavy atom. The fourth-order valence-corrected chi connectivity index (χ4v) is 2.83. The maximum atomic E-state index is 6.12. The summed E-state index contributed by atoms with van der Waals surface area (Å²) in [6, 6.07) is 8.37.